The molecule has 2 aromatic heterocycles. The number of hydrogen-bond donors (Lipinski definition) is 2. The van der Waals surface area contributed by atoms with E-state index in [0.29, 0.717) is 34.3 Å². The van der Waals surface area contributed by atoms with Crippen LogP contribution in [-0.4, -0.2) is 20.0 Å². The van der Waals surface area contributed by atoms with Crippen molar-refractivity contribution in [1.29, 1.82) is 5.26 Å². The summed E-state index contributed by atoms with van der Waals surface area (Å²) in [5, 5.41) is 24.0. The number of rotatable bonds is 4. The Balaban J connectivity index is 1.47. The highest BCUT2D eigenvalue weighted by Gasteiger charge is 2.26. The highest BCUT2D eigenvalue weighted by Crippen LogP contribution is 2.37. The molecule has 1 aliphatic rings. The molecular weight excluding hydrogens is 393 g/mol. The van der Waals surface area contributed by atoms with Crippen molar-refractivity contribution in [1.82, 2.24) is 20.0 Å². The maximum absolute atomic E-state index is 14.4. The molecule has 2 N–H and O–H groups in total. The van der Waals surface area contributed by atoms with Crippen LogP contribution >= 0.6 is 0 Å². The van der Waals surface area contributed by atoms with Gasteiger partial charge in [0.05, 0.1) is 23.3 Å². The first kappa shape index (κ1) is 18.2. The molecule has 6 nitrogen and oxygen atoms in total. The standard InChI is InChI=1S/C21H15F3N6/c22-19-11(8-25)1-3-14-15(19)4-6-17(14)27-13-2-5-18-16(7-13)20(29-28-18)12-9-26-30(10-12)21(23)24/h1-3,5,7,9-10,17,21,27H,4,6H2,(H,28,29). The summed E-state index contributed by atoms with van der Waals surface area (Å²) in [7, 11) is 0. The molecule has 0 saturated carbocycles. The zero-order chi connectivity index (χ0) is 20.8. The molecule has 150 valence electrons. The topological polar surface area (TPSA) is 82.3 Å². The van der Waals surface area contributed by atoms with Gasteiger partial charge in [0.25, 0.3) is 0 Å². The Kier molecular flexibility index (Phi) is 4.20. The molecule has 9 heteroatoms. The van der Waals surface area contributed by atoms with E-state index in [1.54, 1.807) is 6.07 Å². The summed E-state index contributed by atoms with van der Waals surface area (Å²) < 4.78 is 40.7. The monoisotopic (exact) mass is 408 g/mol. The van der Waals surface area contributed by atoms with E-state index in [0.717, 1.165) is 22.2 Å². The zero-order valence-electron chi connectivity index (χ0n) is 15.5. The number of nitriles is 1. The van der Waals surface area contributed by atoms with E-state index in [9.17, 15) is 13.2 Å². The summed E-state index contributed by atoms with van der Waals surface area (Å²) in [6, 6.07) is 10.7. The lowest BCUT2D eigenvalue weighted by Crippen LogP contribution is -2.07. The molecule has 1 unspecified atom stereocenters. The molecule has 0 fully saturated rings. The molecule has 5 rings (SSSR count). The number of nitrogens with zero attached hydrogens (tertiary/aromatic N) is 4. The predicted molar refractivity (Wildman–Crippen MR) is 104 cm³/mol. The molecule has 2 aromatic carbocycles. The SMILES string of the molecule is N#Cc1ccc2c(c1F)CCC2Nc1ccc2[nH]nc(-c3cnn(C(F)F)c3)c2c1. The summed E-state index contributed by atoms with van der Waals surface area (Å²) in [6.45, 7) is -2.72. The van der Waals surface area contributed by atoms with Gasteiger partial charge in [0, 0.05) is 22.8 Å². The Labute approximate surface area is 168 Å². The third kappa shape index (κ3) is 2.88. The van der Waals surface area contributed by atoms with Crippen LogP contribution in [0.3, 0.4) is 0 Å². The number of alkyl halides is 2. The number of nitrogens with one attached hydrogen (secondary N) is 2. The molecule has 4 aromatic rings. The van der Waals surface area contributed by atoms with Crippen LogP contribution < -0.4 is 5.32 Å². The first-order valence-corrected chi connectivity index (χ1v) is 9.34. The van der Waals surface area contributed by atoms with E-state index in [1.807, 2.05) is 24.3 Å². The van der Waals surface area contributed by atoms with Gasteiger partial charge in [-0.25, -0.2) is 9.07 Å². The molecule has 0 aliphatic heterocycles. The van der Waals surface area contributed by atoms with Gasteiger partial charge in [-0.3, -0.25) is 5.10 Å². The fourth-order valence-corrected chi connectivity index (χ4v) is 3.99. The summed E-state index contributed by atoms with van der Waals surface area (Å²) in [4.78, 5) is 0. The fraction of sp³-hybridized carbons (Fsp3) is 0.190. The first-order chi connectivity index (χ1) is 14.5. The molecule has 0 amide bonds. The highest BCUT2D eigenvalue weighted by molar-refractivity contribution is 5.94. The lowest BCUT2D eigenvalue weighted by Gasteiger charge is -2.16. The van der Waals surface area contributed by atoms with Crippen molar-refractivity contribution in [3.63, 3.8) is 0 Å². The van der Waals surface area contributed by atoms with Gasteiger partial charge in [-0.1, -0.05) is 6.07 Å². The normalized spacial score (nSPS) is 15.5. The minimum atomic E-state index is -2.72. The molecule has 0 radical (unpaired) electrons. The molecule has 2 heterocycles. The number of aromatic nitrogens is 4. The quantitative estimate of drug-likeness (QED) is 0.502. The van der Waals surface area contributed by atoms with E-state index in [1.165, 1.54) is 18.5 Å². The summed E-state index contributed by atoms with van der Waals surface area (Å²) in [5.74, 6) is -0.442. The smallest absolute Gasteiger partial charge is 0.333 e. The van der Waals surface area contributed by atoms with Crippen LogP contribution in [0.1, 0.15) is 35.7 Å². The molecule has 0 bridgehead atoms. The van der Waals surface area contributed by atoms with Crippen LogP contribution in [0.2, 0.25) is 0 Å². The summed E-state index contributed by atoms with van der Waals surface area (Å²) >= 11 is 0. The van der Waals surface area contributed by atoms with E-state index < -0.39 is 12.4 Å². The van der Waals surface area contributed by atoms with Gasteiger partial charge in [-0.05, 0) is 48.2 Å². The number of halogens is 3. The summed E-state index contributed by atoms with van der Waals surface area (Å²) in [5.41, 5.74) is 4.05. The van der Waals surface area contributed by atoms with Crippen LogP contribution in [0.5, 0.6) is 0 Å². The number of benzene rings is 2. The zero-order valence-corrected chi connectivity index (χ0v) is 15.5. The van der Waals surface area contributed by atoms with Crippen LogP contribution in [0.4, 0.5) is 18.9 Å². The van der Waals surface area contributed by atoms with Gasteiger partial charge in [-0.2, -0.15) is 24.2 Å². The molecule has 0 saturated heterocycles. The Bertz CT molecular complexity index is 1300. The highest BCUT2D eigenvalue weighted by atomic mass is 19.3. The number of hydrogen-bond acceptors (Lipinski definition) is 4. The molecule has 1 atom stereocenters. The Morgan fingerprint density at radius 1 is 1.27 bits per heavy atom. The Morgan fingerprint density at radius 2 is 2.13 bits per heavy atom. The van der Waals surface area contributed by atoms with Crippen molar-refractivity contribution in [2.24, 2.45) is 0 Å². The van der Waals surface area contributed by atoms with Gasteiger partial charge >= 0.3 is 6.55 Å². The van der Waals surface area contributed by atoms with Crippen LogP contribution in [0.15, 0.2) is 42.7 Å². The minimum Gasteiger partial charge on any atom is -0.378 e. The average Bonchev–Trinajstić information content (AvgIpc) is 3.46. The van der Waals surface area contributed by atoms with Gasteiger partial charge < -0.3 is 5.32 Å². The maximum atomic E-state index is 14.4. The fourth-order valence-electron chi connectivity index (χ4n) is 3.99. The number of aromatic amines is 1. The molecule has 1 aliphatic carbocycles. The average molecular weight is 408 g/mol. The van der Waals surface area contributed by atoms with Crippen molar-refractivity contribution in [3.05, 3.63) is 65.2 Å². The Morgan fingerprint density at radius 3 is 2.90 bits per heavy atom. The van der Waals surface area contributed by atoms with Gasteiger partial charge in [0.1, 0.15) is 17.6 Å². The number of fused-ring (bicyclic) bond motifs is 2. The van der Waals surface area contributed by atoms with E-state index in [-0.39, 0.29) is 11.6 Å². The van der Waals surface area contributed by atoms with Crippen molar-refractivity contribution in [2.75, 3.05) is 5.32 Å². The van der Waals surface area contributed by atoms with Crippen LogP contribution in [0.25, 0.3) is 22.2 Å². The van der Waals surface area contributed by atoms with E-state index >= 15 is 0 Å². The van der Waals surface area contributed by atoms with E-state index in [4.69, 9.17) is 5.26 Å². The second kappa shape index (κ2) is 6.91. The predicted octanol–water partition coefficient (Wildman–Crippen LogP) is 4.93. The van der Waals surface area contributed by atoms with Gasteiger partial charge in [-0.15, -0.1) is 0 Å². The maximum Gasteiger partial charge on any atom is 0.333 e. The first-order valence-electron chi connectivity index (χ1n) is 9.34. The molecular formula is C21H15F3N6. The van der Waals surface area contributed by atoms with Crippen molar-refractivity contribution < 1.29 is 13.2 Å². The summed E-state index contributed by atoms with van der Waals surface area (Å²) in [6.07, 6.45) is 3.87. The Hall–Kier alpha value is -3.80. The largest absolute Gasteiger partial charge is 0.378 e. The van der Waals surface area contributed by atoms with Crippen molar-refractivity contribution in [2.45, 2.75) is 25.4 Å². The van der Waals surface area contributed by atoms with E-state index in [2.05, 4.69) is 20.6 Å². The van der Waals surface area contributed by atoms with Gasteiger partial charge in [0.2, 0.25) is 0 Å². The third-order valence-corrected chi connectivity index (χ3v) is 5.44. The lowest BCUT2D eigenvalue weighted by molar-refractivity contribution is 0.0566. The minimum absolute atomic E-state index is 0.0585. The van der Waals surface area contributed by atoms with Crippen molar-refractivity contribution >= 4 is 16.6 Å². The second-order valence-corrected chi connectivity index (χ2v) is 7.16. The van der Waals surface area contributed by atoms with Crippen LogP contribution in [0, 0.1) is 17.1 Å². The molecule has 0 spiro atoms. The van der Waals surface area contributed by atoms with Crippen molar-refractivity contribution in [3.8, 4) is 17.3 Å². The second-order valence-electron chi connectivity index (χ2n) is 7.16. The number of anilines is 1. The number of H-pyrrole nitrogens is 1. The van der Waals surface area contributed by atoms with Crippen LogP contribution in [-0.2, 0) is 6.42 Å². The third-order valence-electron chi connectivity index (χ3n) is 5.44. The molecule has 30 heavy (non-hydrogen) atoms. The van der Waals surface area contributed by atoms with Gasteiger partial charge in [0.15, 0.2) is 0 Å². The lowest BCUT2D eigenvalue weighted by atomic mass is 10.0.